The lowest BCUT2D eigenvalue weighted by Crippen LogP contribution is -2.30. The third-order valence-electron chi connectivity index (χ3n) is 3.72. The summed E-state index contributed by atoms with van der Waals surface area (Å²) in [5.41, 5.74) is 2.84. The maximum atomic E-state index is 12.4. The molecular formula is C18H20N2O4. The highest BCUT2D eigenvalue weighted by molar-refractivity contribution is 5.95. The molecule has 2 aromatic carbocycles. The molecule has 2 rings (SSSR count). The number of carbonyl (C=O) groups is 1. The third kappa shape index (κ3) is 4.10. The first-order valence-electron chi connectivity index (χ1n) is 7.72. The monoisotopic (exact) mass is 328 g/mol. The first kappa shape index (κ1) is 17.5. The van der Waals surface area contributed by atoms with Crippen molar-refractivity contribution in [1.29, 1.82) is 0 Å². The predicted molar refractivity (Wildman–Crippen MR) is 92.4 cm³/mol. The van der Waals surface area contributed by atoms with Gasteiger partial charge in [-0.1, -0.05) is 25.1 Å². The van der Waals surface area contributed by atoms with Gasteiger partial charge in [-0.05, 0) is 43.5 Å². The maximum absolute atomic E-state index is 12.4. The third-order valence-corrected chi connectivity index (χ3v) is 3.72. The molecule has 0 aliphatic rings. The lowest BCUT2D eigenvalue weighted by molar-refractivity contribution is -0.384. The minimum Gasteiger partial charge on any atom is -0.481 e. The second-order valence-electron chi connectivity index (χ2n) is 5.46. The van der Waals surface area contributed by atoms with Crippen molar-refractivity contribution in [2.24, 2.45) is 0 Å². The maximum Gasteiger partial charge on any atom is 0.269 e. The van der Waals surface area contributed by atoms with Crippen LogP contribution >= 0.6 is 0 Å². The molecule has 126 valence electrons. The number of ether oxygens (including phenoxy) is 1. The highest BCUT2D eigenvalue weighted by Crippen LogP contribution is 2.22. The van der Waals surface area contributed by atoms with Crippen LogP contribution in [-0.4, -0.2) is 16.9 Å². The molecule has 6 heteroatoms. The van der Waals surface area contributed by atoms with Gasteiger partial charge < -0.3 is 10.1 Å². The molecule has 0 heterocycles. The lowest BCUT2D eigenvalue weighted by Gasteiger charge is -2.17. The second kappa shape index (κ2) is 7.59. The van der Waals surface area contributed by atoms with E-state index in [2.05, 4.69) is 5.32 Å². The van der Waals surface area contributed by atoms with Gasteiger partial charge in [-0.2, -0.15) is 0 Å². The smallest absolute Gasteiger partial charge is 0.269 e. The standard InChI is InChI=1S/C18H20N2O4/c1-4-14-7-5-6-12(2)17(14)19-18(21)13(3)24-16-10-8-15(9-11-16)20(22)23/h5-11,13H,4H2,1-3H3,(H,19,21). The fourth-order valence-electron chi connectivity index (χ4n) is 2.33. The van der Waals surface area contributed by atoms with Crippen LogP contribution in [0.25, 0.3) is 0 Å². The van der Waals surface area contributed by atoms with Gasteiger partial charge in [0, 0.05) is 17.8 Å². The number of nitro benzene ring substituents is 1. The van der Waals surface area contributed by atoms with Gasteiger partial charge in [0.05, 0.1) is 4.92 Å². The highest BCUT2D eigenvalue weighted by atomic mass is 16.6. The number of nitro groups is 1. The summed E-state index contributed by atoms with van der Waals surface area (Å²) in [5.74, 6) is 0.140. The summed E-state index contributed by atoms with van der Waals surface area (Å²) in [6.45, 7) is 5.61. The van der Waals surface area contributed by atoms with Crippen LogP contribution in [0.1, 0.15) is 25.0 Å². The van der Waals surface area contributed by atoms with Crippen molar-refractivity contribution in [2.75, 3.05) is 5.32 Å². The topological polar surface area (TPSA) is 81.5 Å². The van der Waals surface area contributed by atoms with E-state index >= 15 is 0 Å². The largest absolute Gasteiger partial charge is 0.481 e. The Morgan fingerprint density at radius 3 is 2.50 bits per heavy atom. The predicted octanol–water partition coefficient (Wildman–Crippen LogP) is 3.87. The molecule has 0 aliphatic carbocycles. The van der Waals surface area contributed by atoms with Gasteiger partial charge in [-0.25, -0.2) is 0 Å². The summed E-state index contributed by atoms with van der Waals surface area (Å²) in [6, 6.07) is 11.5. The molecule has 1 amide bonds. The van der Waals surface area contributed by atoms with Crippen LogP contribution in [0.15, 0.2) is 42.5 Å². The Hall–Kier alpha value is -2.89. The Bertz CT molecular complexity index is 741. The van der Waals surface area contributed by atoms with E-state index in [1.807, 2.05) is 32.0 Å². The Labute approximate surface area is 140 Å². The molecule has 2 aromatic rings. The van der Waals surface area contributed by atoms with Gasteiger partial charge >= 0.3 is 0 Å². The van der Waals surface area contributed by atoms with Crippen molar-refractivity contribution >= 4 is 17.3 Å². The van der Waals surface area contributed by atoms with E-state index in [4.69, 9.17) is 4.74 Å². The van der Waals surface area contributed by atoms with Crippen molar-refractivity contribution in [3.8, 4) is 5.75 Å². The molecule has 0 spiro atoms. The quantitative estimate of drug-likeness (QED) is 0.644. The van der Waals surface area contributed by atoms with Crippen molar-refractivity contribution in [2.45, 2.75) is 33.3 Å². The number of carbonyl (C=O) groups excluding carboxylic acids is 1. The van der Waals surface area contributed by atoms with E-state index in [1.54, 1.807) is 6.92 Å². The molecule has 1 atom stereocenters. The number of para-hydroxylation sites is 1. The fourth-order valence-corrected chi connectivity index (χ4v) is 2.33. The highest BCUT2D eigenvalue weighted by Gasteiger charge is 2.17. The Balaban J connectivity index is 2.06. The molecule has 0 fully saturated rings. The van der Waals surface area contributed by atoms with Crippen LogP contribution in [0.2, 0.25) is 0 Å². The number of hydrogen-bond donors (Lipinski definition) is 1. The van der Waals surface area contributed by atoms with Crippen LogP contribution in [0, 0.1) is 17.0 Å². The summed E-state index contributed by atoms with van der Waals surface area (Å²) in [5, 5.41) is 13.5. The van der Waals surface area contributed by atoms with Gasteiger partial charge in [0.1, 0.15) is 5.75 Å². The zero-order chi connectivity index (χ0) is 17.7. The minimum absolute atomic E-state index is 0.0213. The number of non-ortho nitro benzene ring substituents is 1. The Kier molecular flexibility index (Phi) is 5.52. The molecule has 1 N–H and O–H groups in total. The summed E-state index contributed by atoms with van der Waals surface area (Å²) in [6.07, 6.45) is 0.0882. The van der Waals surface area contributed by atoms with Crippen molar-refractivity contribution in [1.82, 2.24) is 0 Å². The van der Waals surface area contributed by atoms with Gasteiger partial charge in [-0.15, -0.1) is 0 Å². The minimum atomic E-state index is -0.726. The van der Waals surface area contributed by atoms with Crippen LogP contribution < -0.4 is 10.1 Å². The number of benzene rings is 2. The first-order chi connectivity index (χ1) is 11.4. The summed E-state index contributed by atoms with van der Waals surface area (Å²) in [4.78, 5) is 22.5. The number of amides is 1. The molecule has 0 saturated carbocycles. The number of rotatable bonds is 6. The SMILES string of the molecule is CCc1cccc(C)c1NC(=O)C(C)Oc1ccc([N+](=O)[O-])cc1. The molecule has 0 aliphatic heterocycles. The van der Waals surface area contributed by atoms with E-state index in [0.29, 0.717) is 5.75 Å². The molecule has 0 saturated heterocycles. The van der Waals surface area contributed by atoms with E-state index in [9.17, 15) is 14.9 Å². The molecule has 0 aromatic heterocycles. The molecule has 24 heavy (non-hydrogen) atoms. The lowest BCUT2D eigenvalue weighted by atomic mass is 10.1. The fraction of sp³-hybridized carbons (Fsp3) is 0.278. The van der Waals surface area contributed by atoms with E-state index in [-0.39, 0.29) is 11.6 Å². The van der Waals surface area contributed by atoms with Crippen LogP contribution in [-0.2, 0) is 11.2 Å². The molecular weight excluding hydrogens is 308 g/mol. The molecule has 0 bridgehead atoms. The average Bonchev–Trinajstić information content (AvgIpc) is 2.57. The molecule has 0 radical (unpaired) electrons. The second-order valence-corrected chi connectivity index (χ2v) is 5.46. The first-order valence-corrected chi connectivity index (χ1v) is 7.72. The summed E-state index contributed by atoms with van der Waals surface area (Å²) >= 11 is 0. The number of nitrogens with one attached hydrogen (secondary N) is 1. The normalized spacial score (nSPS) is 11.6. The zero-order valence-electron chi connectivity index (χ0n) is 13.9. The van der Waals surface area contributed by atoms with E-state index < -0.39 is 11.0 Å². The van der Waals surface area contributed by atoms with Crippen molar-refractivity contribution in [3.63, 3.8) is 0 Å². The van der Waals surface area contributed by atoms with Gasteiger partial charge in [0.2, 0.25) is 0 Å². The Morgan fingerprint density at radius 2 is 1.92 bits per heavy atom. The van der Waals surface area contributed by atoms with E-state index in [1.165, 1.54) is 24.3 Å². The molecule has 6 nitrogen and oxygen atoms in total. The molecule has 1 unspecified atom stereocenters. The van der Waals surface area contributed by atoms with Crippen molar-refractivity contribution in [3.05, 3.63) is 63.7 Å². The van der Waals surface area contributed by atoms with Crippen LogP contribution in [0.3, 0.4) is 0 Å². The zero-order valence-corrected chi connectivity index (χ0v) is 13.9. The van der Waals surface area contributed by atoms with Gasteiger partial charge in [-0.3, -0.25) is 14.9 Å². The van der Waals surface area contributed by atoms with Crippen molar-refractivity contribution < 1.29 is 14.5 Å². The number of anilines is 1. The number of nitrogens with zero attached hydrogens (tertiary/aromatic N) is 1. The summed E-state index contributed by atoms with van der Waals surface area (Å²) in [7, 11) is 0. The number of hydrogen-bond acceptors (Lipinski definition) is 4. The average molecular weight is 328 g/mol. The van der Waals surface area contributed by atoms with Gasteiger partial charge in [0.25, 0.3) is 11.6 Å². The van der Waals surface area contributed by atoms with Gasteiger partial charge in [0.15, 0.2) is 6.10 Å². The summed E-state index contributed by atoms with van der Waals surface area (Å²) < 4.78 is 5.56. The van der Waals surface area contributed by atoms with E-state index in [0.717, 1.165) is 23.2 Å². The van der Waals surface area contributed by atoms with Crippen LogP contribution in [0.4, 0.5) is 11.4 Å². The number of aryl methyl sites for hydroxylation is 2. The van der Waals surface area contributed by atoms with Crippen LogP contribution in [0.5, 0.6) is 5.75 Å². The Morgan fingerprint density at radius 1 is 1.25 bits per heavy atom.